The number of aromatic nitrogens is 2. The van der Waals surface area contributed by atoms with E-state index >= 15 is 0 Å². The summed E-state index contributed by atoms with van der Waals surface area (Å²) in [5, 5.41) is 3.65. The molecule has 4 rings (SSSR count). The monoisotopic (exact) mass is 424 g/mol. The van der Waals surface area contributed by atoms with Crippen molar-refractivity contribution in [2.45, 2.75) is 39.2 Å². The minimum absolute atomic E-state index is 0.0400. The molecule has 1 aliphatic heterocycles. The van der Waals surface area contributed by atoms with E-state index in [1.54, 1.807) is 30.3 Å². The SMILES string of the molecule is Cc1cc(C(=O)NC(C)(C)c2nc3cc(Cl)ccc3[nH]2)ccc1C(=O)N1CCCC1. The van der Waals surface area contributed by atoms with Crippen LogP contribution in [0.4, 0.5) is 0 Å². The molecule has 1 saturated heterocycles. The highest BCUT2D eigenvalue weighted by Crippen LogP contribution is 2.24. The molecule has 2 heterocycles. The molecule has 2 amide bonds. The van der Waals surface area contributed by atoms with Crippen LogP contribution >= 0.6 is 11.6 Å². The van der Waals surface area contributed by atoms with Gasteiger partial charge in [-0.05, 0) is 75.6 Å². The fourth-order valence-electron chi connectivity index (χ4n) is 3.83. The summed E-state index contributed by atoms with van der Waals surface area (Å²) in [5.41, 5.74) is 2.86. The number of halogens is 1. The number of benzene rings is 2. The van der Waals surface area contributed by atoms with Crippen molar-refractivity contribution in [3.8, 4) is 0 Å². The average Bonchev–Trinajstić information content (AvgIpc) is 3.37. The molecule has 0 saturated carbocycles. The minimum atomic E-state index is -0.722. The van der Waals surface area contributed by atoms with E-state index in [4.69, 9.17) is 11.6 Å². The number of nitrogens with one attached hydrogen (secondary N) is 2. The molecule has 0 spiro atoms. The lowest BCUT2D eigenvalue weighted by molar-refractivity contribution is 0.0791. The van der Waals surface area contributed by atoms with Crippen LogP contribution in [0.25, 0.3) is 11.0 Å². The number of amides is 2. The van der Waals surface area contributed by atoms with Gasteiger partial charge in [-0.25, -0.2) is 4.98 Å². The number of likely N-dealkylation sites (tertiary alicyclic amines) is 1. The van der Waals surface area contributed by atoms with Gasteiger partial charge in [0, 0.05) is 29.2 Å². The van der Waals surface area contributed by atoms with Crippen molar-refractivity contribution in [2.24, 2.45) is 0 Å². The third-order valence-electron chi connectivity index (χ3n) is 5.58. The Balaban J connectivity index is 1.53. The van der Waals surface area contributed by atoms with Gasteiger partial charge in [-0.3, -0.25) is 9.59 Å². The molecule has 0 atom stereocenters. The first-order valence-corrected chi connectivity index (χ1v) is 10.5. The van der Waals surface area contributed by atoms with Gasteiger partial charge in [-0.2, -0.15) is 0 Å². The quantitative estimate of drug-likeness (QED) is 0.650. The van der Waals surface area contributed by atoms with Gasteiger partial charge in [-0.1, -0.05) is 11.6 Å². The number of nitrogens with zero attached hydrogens (tertiary/aromatic N) is 2. The number of H-pyrrole nitrogens is 1. The smallest absolute Gasteiger partial charge is 0.254 e. The first-order chi connectivity index (χ1) is 14.2. The zero-order valence-corrected chi connectivity index (χ0v) is 18.1. The van der Waals surface area contributed by atoms with Gasteiger partial charge in [0.2, 0.25) is 0 Å². The van der Waals surface area contributed by atoms with Crippen LogP contribution in [0.3, 0.4) is 0 Å². The lowest BCUT2D eigenvalue weighted by atomic mass is 10.0. The molecule has 0 aliphatic carbocycles. The number of fused-ring (bicyclic) bond motifs is 1. The average molecular weight is 425 g/mol. The lowest BCUT2D eigenvalue weighted by Gasteiger charge is -2.24. The third-order valence-corrected chi connectivity index (χ3v) is 5.81. The van der Waals surface area contributed by atoms with Crippen LogP contribution in [-0.4, -0.2) is 39.8 Å². The van der Waals surface area contributed by atoms with Gasteiger partial charge >= 0.3 is 0 Å². The van der Waals surface area contributed by atoms with E-state index in [1.165, 1.54) is 0 Å². The van der Waals surface area contributed by atoms with E-state index in [2.05, 4.69) is 15.3 Å². The maximum atomic E-state index is 12.9. The summed E-state index contributed by atoms with van der Waals surface area (Å²) in [6.07, 6.45) is 2.10. The summed E-state index contributed by atoms with van der Waals surface area (Å²) < 4.78 is 0. The Kier molecular flexibility index (Phi) is 5.28. The maximum Gasteiger partial charge on any atom is 0.254 e. The summed E-state index contributed by atoms with van der Waals surface area (Å²) in [6.45, 7) is 7.26. The lowest BCUT2D eigenvalue weighted by Crippen LogP contribution is -2.42. The molecule has 1 fully saturated rings. The molecule has 0 bridgehead atoms. The number of imidazole rings is 1. The van der Waals surface area contributed by atoms with Crippen LogP contribution in [0.2, 0.25) is 5.02 Å². The normalized spacial score (nSPS) is 14.3. The zero-order valence-electron chi connectivity index (χ0n) is 17.4. The predicted octanol–water partition coefficient (Wildman–Crippen LogP) is 4.43. The zero-order chi connectivity index (χ0) is 21.5. The van der Waals surface area contributed by atoms with Gasteiger partial charge in [0.05, 0.1) is 16.6 Å². The Morgan fingerprint density at radius 3 is 2.57 bits per heavy atom. The van der Waals surface area contributed by atoms with Crippen molar-refractivity contribution < 1.29 is 9.59 Å². The number of rotatable bonds is 4. The second kappa shape index (κ2) is 7.76. The summed E-state index contributed by atoms with van der Waals surface area (Å²) in [5.74, 6) is 0.464. The van der Waals surface area contributed by atoms with E-state index in [1.807, 2.05) is 31.7 Å². The van der Waals surface area contributed by atoms with Crippen molar-refractivity contribution in [3.63, 3.8) is 0 Å². The Morgan fingerprint density at radius 1 is 1.13 bits per heavy atom. The summed E-state index contributed by atoms with van der Waals surface area (Å²) in [7, 11) is 0. The fraction of sp³-hybridized carbons (Fsp3) is 0.348. The molecule has 0 radical (unpaired) electrons. The second-order valence-electron chi connectivity index (χ2n) is 8.36. The summed E-state index contributed by atoms with van der Waals surface area (Å²) >= 11 is 6.05. The Bertz CT molecular complexity index is 1130. The van der Waals surface area contributed by atoms with Crippen LogP contribution in [0.1, 0.15) is 58.8 Å². The van der Waals surface area contributed by atoms with Gasteiger partial charge in [0.15, 0.2) is 0 Å². The Morgan fingerprint density at radius 2 is 1.87 bits per heavy atom. The molecule has 1 aromatic heterocycles. The summed E-state index contributed by atoms with van der Waals surface area (Å²) in [6, 6.07) is 10.7. The Labute approximate surface area is 180 Å². The van der Waals surface area contributed by atoms with E-state index < -0.39 is 5.54 Å². The first-order valence-electron chi connectivity index (χ1n) is 10.1. The summed E-state index contributed by atoms with van der Waals surface area (Å²) in [4.78, 5) is 35.3. The largest absolute Gasteiger partial charge is 0.340 e. The van der Waals surface area contributed by atoms with Gasteiger partial charge in [0.1, 0.15) is 5.82 Å². The van der Waals surface area contributed by atoms with Crippen LogP contribution in [0.15, 0.2) is 36.4 Å². The van der Waals surface area contributed by atoms with Crippen LogP contribution < -0.4 is 5.32 Å². The molecule has 2 N–H and O–H groups in total. The topological polar surface area (TPSA) is 78.1 Å². The molecule has 0 unspecified atom stereocenters. The fourth-order valence-corrected chi connectivity index (χ4v) is 3.99. The minimum Gasteiger partial charge on any atom is -0.340 e. The number of hydrogen-bond acceptors (Lipinski definition) is 3. The first kappa shape index (κ1) is 20.4. The van der Waals surface area contributed by atoms with Crippen molar-refractivity contribution in [1.82, 2.24) is 20.2 Å². The molecule has 3 aromatic rings. The molecule has 7 heteroatoms. The third kappa shape index (κ3) is 3.92. The molecule has 6 nitrogen and oxygen atoms in total. The molecule has 30 heavy (non-hydrogen) atoms. The highest BCUT2D eigenvalue weighted by Gasteiger charge is 2.28. The predicted molar refractivity (Wildman–Crippen MR) is 118 cm³/mol. The van der Waals surface area contributed by atoms with Crippen LogP contribution in [0, 0.1) is 6.92 Å². The van der Waals surface area contributed by atoms with Gasteiger partial charge < -0.3 is 15.2 Å². The maximum absolute atomic E-state index is 12.9. The van der Waals surface area contributed by atoms with E-state index in [9.17, 15) is 9.59 Å². The standard InChI is InChI=1S/C23H25ClN4O2/c1-14-12-15(6-8-17(14)21(30)28-10-4-5-11-28)20(29)27-23(2,3)22-25-18-9-7-16(24)13-19(18)26-22/h6-9,12-13H,4-5,10-11H2,1-3H3,(H,25,26)(H,27,29). The molecular weight excluding hydrogens is 400 g/mol. The van der Waals surface area contributed by atoms with Crippen molar-refractivity contribution in [1.29, 1.82) is 0 Å². The van der Waals surface area contributed by atoms with Crippen LogP contribution in [0.5, 0.6) is 0 Å². The van der Waals surface area contributed by atoms with Crippen molar-refractivity contribution in [2.75, 3.05) is 13.1 Å². The Hall–Kier alpha value is -2.86. The number of carbonyl (C=O) groups excluding carboxylic acids is 2. The van der Waals surface area contributed by atoms with Gasteiger partial charge in [-0.15, -0.1) is 0 Å². The number of carbonyl (C=O) groups is 2. The van der Waals surface area contributed by atoms with E-state index in [0.717, 1.165) is 42.5 Å². The highest BCUT2D eigenvalue weighted by atomic mass is 35.5. The number of aromatic amines is 1. The second-order valence-corrected chi connectivity index (χ2v) is 8.79. The van der Waals surface area contributed by atoms with E-state index in [-0.39, 0.29) is 11.8 Å². The van der Waals surface area contributed by atoms with Gasteiger partial charge in [0.25, 0.3) is 11.8 Å². The van der Waals surface area contributed by atoms with E-state index in [0.29, 0.717) is 22.0 Å². The number of aryl methyl sites for hydroxylation is 1. The molecule has 1 aliphatic rings. The molecule has 156 valence electrons. The van der Waals surface area contributed by atoms with Crippen molar-refractivity contribution in [3.05, 3.63) is 63.9 Å². The van der Waals surface area contributed by atoms with Crippen molar-refractivity contribution >= 4 is 34.4 Å². The van der Waals surface area contributed by atoms with Crippen LogP contribution in [-0.2, 0) is 5.54 Å². The number of hydrogen-bond donors (Lipinski definition) is 2. The highest BCUT2D eigenvalue weighted by molar-refractivity contribution is 6.31. The molecule has 2 aromatic carbocycles. The molecular formula is C23H25ClN4O2.